The van der Waals surface area contributed by atoms with Crippen LogP contribution < -0.4 is 9.80 Å². The molecule has 3 aromatic carbocycles. The number of amides is 1. The van der Waals surface area contributed by atoms with Crippen molar-refractivity contribution in [1.82, 2.24) is 14.9 Å². The fourth-order valence-electron chi connectivity index (χ4n) is 5.89. The van der Waals surface area contributed by atoms with Crippen LogP contribution in [0.15, 0.2) is 71.9 Å². The van der Waals surface area contributed by atoms with Crippen molar-refractivity contribution in [2.75, 3.05) is 42.2 Å². The summed E-state index contributed by atoms with van der Waals surface area (Å²) in [5.74, 6) is 0.728. The summed E-state index contributed by atoms with van der Waals surface area (Å²) in [4.78, 5) is 28.6. The molecular formula is C32H31ClN6O3S. The third-order valence-corrected chi connectivity index (χ3v) is 9.01. The SMILES string of the molecule is CS(=O)c1nc2c(c(N3CCN(C(=O)OCc4ccccc4)C(CC#N)C3)n1)CCN(c1cccc3cccc(Cl)c13)C2. The lowest BCUT2D eigenvalue weighted by Gasteiger charge is -2.42. The Morgan fingerprint density at radius 1 is 1.05 bits per heavy atom. The number of anilines is 2. The van der Waals surface area contributed by atoms with E-state index in [9.17, 15) is 14.3 Å². The van der Waals surface area contributed by atoms with Gasteiger partial charge < -0.3 is 19.4 Å². The number of hydrogen-bond donors (Lipinski definition) is 0. The molecule has 0 N–H and O–H groups in total. The van der Waals surface area contributed by atoms with Gasteiger partial charge in [-0.2, -0.15) is 5.26 Å². The van der Waals surface area contributed by atoms with Crippen LogP contribution in [0.2, 0.25) is 5.02 Å². The maximum atomic E-state index is 13.1. The Morgan fingerprint density at radius 3 is 2.60 bits per heavy atom. The summed E-state index contributed by atoms with van der Waals surface area (Å²) in [5, 5.41) is 12.6. The van der Waals surface area contributed by atoms with Crippen molar-refractivity contribution >= 4 is 50.8 Å². The van der Waals surface area contributed by atoms with Gasteiger partial charge in [-0.25, -0.2) is 14.8 Å². The number of benzene rings is 3. The van der Waals surface area contributed by atoms with Gasteiger partial charge in [0.15, 0.2) is 0 Å². The maximum Gasteiger partial charge on any atom is 0.410 e. The Morgan fingerprint density at radius 2 is 1.84 bits per heavy atom. The largest absolute Gasteiger partial charge is 0.445 e. The fourth-order valence-corrected chi connectivity index (χ4v) is 6.63. The second kappa shape index (κ2) is 12.6. The van der Waals surface area contributed by atoms with Crippen LogP contribution in [0.4, 0.5) is 16.3 Å². The highest BCUT2D eigenvalue weighted by Crippen LogP contribution is 2.37. The lowest BCUT2D eigenvalue weighted by atomic mass is 10.0. The van der Waals surface area contributed by atoms with Crippen molar-refractivity contribution in [3.63, 3.8) is 0 Å². The normalized spacial score (nSPS) is 17.3. The van der Waals surface area contributed by atoms with Crippen molar-refractivity contribution in [2.45, 2.75) is 37.2 Å². The summed E-state index contributed by atoms with van der Waals surface area (Å²) in [6, 6.07) is 23.4. The number of carbonyl (C=O) groups is 1. The first kappa shape index (κ1) is 28.9. The summed E-state index contributed by atoms with van der Waals surface area (Å²) in [6.45, 7) is 2.72. The van der Waals surface area contributed by atoms with E-state index in [0.717, 1.165) is 45.6 Å². The van der Waals surface area contributed by atoms with Crippen LogP contribution in [0.5, 0.6) is 0 Å². The second-order valence-electron chi connectivity index (χ2n) is 10.7. The van der Waals surface area contributed by atoms with Crippen LogP contribution in [-0.4, -0.2) is 63.6 Å². The molecule has 4 aromatic rings. The number of rotatable bonds is 6. The minimum atomic E-state index is -1.40. The zero-order valence-corrected chi connectivity index (χ0v) is 25.4. The molecule has 0 bridgehead atoms. The van der Waals surface area contributed by atoms with E-state index < -0.39 is 16.9 Å². The molecule has 2 atom stereocenters. The van der Waals surface area contributed by atoms with Crippen LogP contribution in [0.3, 0.4) is 0 Å². The summed E-state index contributed by atoms with van der Waals surface area (Å²) >= 11 is 6.64. The third kappa shape index (κ3) is 6.01. The quantitative estimate of drug-likeness (QED) is 0.269. The number of fused-ring (bicyclic) bond motifs is 2. The number of piperazine rings is 1. The zero-order valence-electron chi connectivity index (χ0n) is 23.8. The smallest absolute Gasteiger partial charge is 0.410 e. The summed E-state index contributed by atoms with van der Waals surface area (Å²) in [6.07, 6.45) is 1.99. The molecule has 9 nitrogen and oxygen atoms in total. The lowest BCUT2D eigenvalue weighted by Crippen LogP contribution is -2.56. The first-order chi connectivity index (χ1) is 20.9. The van der Waals surface area contributed by atoms with Gasteiger partial charge in [-0.1, -0.05) is 66.2 Å². The highest BCUT2D eigenvalue weighted by atomic mass is 35.5. The van der Waals surface area contributed by atoms with E-state index in [4.69, 9.17) is 26.3 Å². The molecule has 6 rings (SSSR count). The van der Waals surface area contributed by atoms with Gasteiger partial charge in [0.2, 0.25) is 5.16 Å². The van der Waals surface area contributed by atoms with Crippen LogP contribution in [0.25, 0.3) is 10.8 Å². The monoisotopic (exact) mass is 614 g/mol. The molecule has 2 unspecified atom stereocenters. The van der Waals surface area contributed by atoms with E-state index in [1.54, 1.807) is 11.2 Å². The minimum absolute atomic E-state index is 0.159. The Hall–Kier alpha value is -4.20. The van der Waals surface area contributed by atoms with Gasteiger partial charge in [0.1, 0.15) is 12.4 Å². The van der Waals surface area contributed by atoms with Gasteiger partial charge in [-0.15, -0.1) is 0 Å². The summed E-state index contributed by atoms with van der Waals surface area (Å²) in [7, 11) is -1.40. The Balaban J connectivity index is 1.26. The number of hydrogen-bond acceptors (Lipinski definition) is 8. The van der Waals surface area contributed by atoms with Crippen molar-refractivity contribution in [1.29, 1.82) is 5.26 Å². The summed E-state index contributed by atoms with van der Waals surface area (Å²) in [5.41, 5.74) is 3.77. The lowest BCUT2D eigenvalue weighted by molar-refractivity contribution is 0.0767. The number of ether oxygens (including phenoxy) is 1. The molecule has 2 aliphatic heterocycles. The van der Waals surface area contributed by atoms with E-state index >= 15 is 0 Å². The number of halogens is 1. The van der Waals surface area contributed by atoms with Crippen molar-refractivity contribution in [2.24, 2.45) is 0 Å². The zero-order chi connectivity index (χ0) is 29.9. The van der Waals surface area contributed by atoms with Gasteiger partial charge in [-0.05, 0) is 29.5 Å². The van der Waals surface area contributed by atoms with Gasteiger partial charge >= 0.3 is 6.09 Å². The molecule has 2 aliphatic rings. The molecule has 1 amide bonds. The fraction of sp³-hybridized carbons (Fsp3) is 0.312. The predicted molar refractivity (Wildman–Crippen MR) is 168 cm³/mol. The second-order valence-corrected chi connectivity index (χ2v) is 12.4. The molecule has 1 aromatic heterocycles. The highest BCUT2D eigenvalue weighted by molar-refractivity contribution is 7.84. The van der Waals surface area contributed by atoms with E-state index in [0.29, 0.717) is 37.6 Å². The Labute approximate surface area is 258 Å². The first-order valence-electron chi connectivity index (χ1n) is 14.2. The first-order valence-corrected chi connectivity index (χ1v) is 16.1. The third-order valence-electron chi connectivity index (χ3n) is 8.00. The average Bonchev–Trinajstić information content (AvgIpc) is 3.03. The predicted octanol–water partition coefficient (Wildman–Crippen LogP) is 5.32. The number of carbonyl (C=O) groups excluding carboxylic acids is 1. The van der Waals surface area contributed by atoms with E-state index in [1.807, 2.05) is 48.5 Å². The standard InChI is InChI=1S/C32H31ClN6O3S/c1-43(41)31-35-27-20-37(28-12-6-10-23-9-5-11-26(33)29(23)28)16-14-25(27)30(36-31)38-17-18-39(24(19-38)13-15-34)32(40)42-21-22-7-3-2-4-8-22/h2-12,24H,13-14,16-21H2,1H3. The molecule has 220 valence electrons. The topological polar surface area (TPSA) is 103 Å². The molecule has 0 aliphatic carbocycles. The van der Waals surface area contributed by atoms with Gasteiger partial charge in [-0.3, -0.25) is 4.21 Å². The van der Waals surface area contributed by atoms with E-state index in [2.05, 4.69) is 34.1 Å². The molecule has 0 radical (unpaired) electrons. The molecule has 0 spiro atoms. The Bertz CT molecular complexity index is 1720. The minimum Gasteiger partial charge on any atom is -0.445 e. The van der Waals surface area contributed by atoms with Crippen molar-refractivity contribution in [3.8, 4) is 6.07 Å². The molecule has 3 heterocycles. The number of nitriles is 1. The molecule has 1 saturated heterocycles. The van der Waals surface area contributed by atoms with Gasteiger partial charge in [0, 0.05) is 49.1 Å². The van der Waals surface area contributed by atoms with Gasteiger partial charge in [0.05, 0.1) is 46.6 Å². The summed E-state index contributed by atoms with van der Waals surface area (Å²) < 4.78 is 18.3. The van der Waals surface area contributed by atoms with Crippen LogP contribution >= 0.6 is 11.6 Å². The molecule has 1 fully saturated rings. The molecule has 11 heteroatoms. The Kier molecular flexibility index (Phi) is 8.45. The molecular weight excluding hydrogens is 584 g/mol. The van der Waals surface area contributed by atoms with Crippen molar-refractivity contribution in [3.05, 3.63) is 88.6 Å². The van der Waals surface area contributed by atoms with Crippen molar-refractivity contribution < 1.29 is 13.7 Å². The van der Waals surface area contributed by atoms with E-state index in [1.165, 1.54) is 0 Å². The van der Waals surface area contributed by atoms with Crippen LogP contribution in [0, 0.1) is 11.3 Å². The van der Waals surface area contributed by atoms with Gasteiger partial charge in [0.25, 0.3) is 0 Å². The van der Waals surface area contributed by atoms with E-state index in [-0.39, 0.29) is 24.2 Å². The number of aromatic nitrogens is 2. The number of nitrogens with zero attached hydrogens (tertiary/aromatic N) is 6. The maximum absolute atomic E-state index is 13.1. The average molecular weight is 615 g/mol. The van der Waals surface area contributed by atoms with Crippen LogP contribution in [-0.2, 0) is 35.1 Å². The van der Waals surface area contributed by atoms with Crippen LogP contribution in [0.1, 0.15) is 23.2 Å². The molecule has 0 saturated carbocycles. The molecule has 43 heavy (non-hydrogen) atoms. The highest BCUT2D eigenvalue weighted by Gasteiger charge is 2.35.